The highest BCUT2D eigenvalue weighted by atomic mass is 16.4. The standard InChI is InChI=1S/C51H35N7O14/c59-42(53-36-9-5-28(6-10-36)44(61)57-40-20-30(48(65)66)17-31(21-40)49(67)68)26-1-13-38(14-2-26)55-46(63)34-19-35(25-52-24-34)47(64)56-39-15-3-27(4-16-39)43(60)54-37-11-7-29(8-12-37)45(62)58-41-22-32(50(69)70)18-33(23-41)51(71)72/h1-25H,(H,53,59)(H,54,60)(H,55,63)(H,56,64)(H,57,61)(H,58,62)(H,65,66)(H,67,68)(H,69,70)(H,71,72). The van der Waals surface area contributed by atoms with Crippen LogP contribution >= 0.6 is 0 Å². The number of anilines is 6. The second kappa shape index (κ2) is 21.4. The molecule has 7 aromatic rings. The summed E-state index contributed by atoms with van der Waals surface area (Å²) < 4.78 is 0. The Labute approximate surface area is 405 Å². The maximum atomic E-state index is 13.1. The van der Waals surface area contributed by atoms with Crippen LogP contribution in [0.5, 0.6) is 0 Å². The topological polar surface area (TPSA) is 337 Å². The lowest BCUT2D eigenvalue weighted by Gasteiger charge is -2.10. The molecule has 358 valence electrons. The summed E-state index contributed by atoms with van der Waals surface area (Å²) >= 11 is 0. The first-order valence-electron chi connectivity index (χ1n) is 20.9. The molecule has 0 aliphatic rings. The lowest BCUT2D eigenvalue weighted by atomic mass is 10.1. The maximum absolute atomic E-state index is 13.1. The predicted molar refractivity (Wildman–Crippen MR) is 258 cm³/mol. The minimum atomic E-state index is -1.37. The molecular weight excluding hydrogens is 935 g/mol. The van der Waals surface area contributed by atoms with Crippen molar-refractivity contribution in [3.63, 3.8) is 0 Å². The first kappa shape index (κ1) is 49.1. The second-order valence-corrected chi connectivity index (χ2v) is 15.3. The lowest BCUT2D eigenvalue weighted by Crippen LogP contribution is -2.17. The van der Waals surface area contributed by atoms with Gasteiger partial charge in [0, 0.05) is 68.8 Å². The van der Waals surface area contributed by atoms with Crippen molar-refractivity contribution in [1.29, 1.82) is 0 Å². The first-order chi connectivity index (χ1) is 34.4. The average Bonchev–Trinajstić information content (AvgIpc) is 3.36. The van der Waals surface area contributed by atoms with Crippen molar-refractivity contribution in [1.82, 2.24) is 4.98 Å². The largest absolute Gasteiger partial charge is 0.478 e. The molecule has 0 radical (unpaired) electrons. The quantitative estimate of drug-likeness (QED) is 0.0451. The number of amides is 6. The van der Waals surface area contributed by atoms with Crippen LogP contribution in [-0.2, 0) is 0 Å². The number of nitrogens with zero attached hydrogens (tertiary/aromatic N) is 1. The van der Waals surface area contributed by atoms with Crippen molar-refractivity contribution in [2.75, 3.05) is 31.9 Å². The van der Waals surface area contributed by atoms with Crippen LogP contribution in [0.25, 0.3) is 0 Å². The van der Waals surface area contributed by atoms with E-state index in [-0.39, 0.29) is 67.0 Å². The summed E-state index contributed by atoms with van der Waals surface area (Å²) in [5.74, 6) is -9.06. The molecule has 0 fully saturated rings. The molecule has 0 atom stereocenters. The molecule has 0 aliphatic carbocycles. The number of benzene rings is 6. The fraction of sp³-hybridized carbons (Fsp3) is 0. The van der Waals surface area contributed by atoms with E-state index in [4.69, 9.17) is 0 Å². The van der Waals surface area contributed by atoms with E-state index in [1.54, 1.807) is 0 Å². The van der Waals surface area contributed by atoms with Crippen molar-refractivity contribution in [3.05, 3.63) is 208 Å². The monoisotopic (exact) mass is 969 g/mol. The summed E-state index contributed by atoms with van der Waals surface area (Å²) in [5, 5.41) is 52.8. The van der Waals surface area contributed by atoms with Gasteiger partial charge in [-0.05, 0) is 140 Å². The molecule has 1 heterocycles. The Balaban J connectivity index is 0.879. The summed E-state index contributed by atoms with van der Waals surface area (Å²) in [5.41, 5.74) is 0.685. The average molecular weight is 970 g/mol. The number of hydrogen-bond donors (Lipinski definition) is 10. The summed E-state index contributed by atoms with van der Waals surface area (Å²) in [6, 6.07) is 30.9. The molecule has 21 nitrogen and oxygen atoms in total. The van der Waals surface area contributed by atoms with E-state index >= 15 is 0 Å². The van der Waals surface area contributed by atoms with Crippen molar-refractivity contribution in [2.24, 2.45) is 0 Å². The summed E-state index contributed by atoms with van der Waals surface area (Å²) in [4.78, 5) is 128. The zero-order chi connectivity index (χ0) is 51.6. The van der Waals surface area contributed by atoms with E-state index < -0.39 is 59.3 Å². The molecule has 0 saturated heterocycles. The van der Waals surface area contributed by atoms with Crippen molar-refractivity contribution < 1.29 is 68.4 Å². The Hall–Kier alpha value is -10.8. The molecule has 7 rings (SSSR count). The highest BCUT2D eigenvalue weighted by molar-refractivity contribution is 6.11. The number of aromatic carboxylic acids is 4. The third kappa shape index (κ3) is 12.4. The molecule has 0 bridgehead atoms. The Morgan fingerprint density at radius 1 is 0.250 bits per heavy atom. The molecule has 6 amide bonds. The van der Waals surface area contributed by atoms with Crippen LogP contribution in [0.3, 0.4) is 0 Å². The van der Waals surface area contributed by atoms with Gasteiger partial charge in [0.15, 0.2) is 0 Å². The van der Waals surface area contributed by atoms with E-state index in [2.05, 4.69) is 36.9 Å². The number of carboxylic acid groups (broad SMARTS) is 4. The number of nitrogens with one attached hydrogen (secondary N) is 6. The number of carbonyl (C=O) groups excluding carboxylic acids is 6. The Bertz CT molecular complexity index is 3070. The fourth-order valence-corrected chi connectivity index (χ4v) is 6.62. The van der Waals surface area contributed by atoms with Gasteiger partial charge in [0.1, 0.15) is 0 Å². The van der Waals surface area contributed by atoms with Gasteiger partial charge >= 0.3 is 23.9 Å². The molecule has 10 N–H and O–H groups in total. The van der Waals surface area contributed by atoms with Gasteiger partial charge in [0.2, 0.25) is 0 Å². The highest BCUT2D eigenvalue weighted by Crippen LogP contribution is 2.22. The Morgan fingerprint density at radius 3 is 0.667 bits per heavy atom. The molecule has 72 heavy (non-hydrogen) atoms. The van der Waals surface area contributed by atoms with Gasteiger partial charge in [-0.1, -0.05) is 0 Å². The van der Waals surface area contributed by atoms with E-state index in [1.807, 2.05) is 0 Å². The second-order valence-electron chi connectivity index (χ2n) is 15.3. The predicted octanol–water partition coefficient (Wildman–Crippen LogP) is 7.39. The van der Waals surface area contributed by atoms with Crippen LogP contribution in [0.1, 0.15) is 104 Å². The number of aromatic nitrogens is 1. The van der Waals surface area contributed by atoms with Gasteiger partial charge in [-0.25, -0.2) is 19.2 Å². The zero-order valence-corrected chi connectivity index (χ0v) is 36.8. The minimum absolute atomic E-state index is 0.0397. The van der Waals surface area contributed by atoms with Gasteiger partial charge in [0.05, 0.1) is 33.4 Å². The van der Waals surface area contributed by atoms with E-state index in [0.717, 1.165) is 36.4 Å². The Kier molecular flexibility index (Phi) is 14.6. The number of pyridine rings is 1. The number of rotatable bonds is 16. The zero-order valence-electron chi connectivity index (χ0n) is 36.8. The van der Waals surface area contributed by atoms with Crippen molar-refractivity contribution >= 4 is 93.4 Å². The van der Waals surface area contributed by atoms with Crippen molar-refractivity contribution in [2.45, 2.75) is 0 Å². The van der Waals surface area contributed by atoms with Crippen molar-refractivity contribution in [3.8, 4) is 0 Å². The number of carboxylic acids is 4. The molecule has 21 heteroatoms. The van der Waals surface area contributed by atoms with E-state index in [0.29, 0.717) is 22.7 Å². The number of hydrogen-bond acceptors (Lipinski definition) is 11. The minimum Gasteiger partial charge on any atom is -0.478 e. The van der Waals surface area contributed by atoms with E-state index in [9.17, 15) is 68.4 Å². The smallest absolute Gasteiger partial charge is 0.335 e. The van der Waals surface area contributed by atoms with Crippen LogP contribution in [0.4, 0.5) is 34.1 Å². The number of carbonyl (C=O) groups is 10. The fourth-order valence-electron chi connectivity index (χ4n) is 6.62. The van der Waals surface area contributed by atoms with Gasteiger partial charge < -0.3 is 52.3 Å². The van der Waals surface area contributed by atoms with Gasteiger partial charge in [-0.3, -0.25) is 33.8 Å². The molecule has 1 aromatic heterocycles. The summed E-state index contributed by atoms with van der Waals surface area (Å²) in [6.07, 6.45) is 2.51. The third-order valence-electron chi connectivity index (χ3n) is 10.3. The molecule has 0 unspecified atom stereocenters. The normalized spacial score (nSPS) is 10.4. The van der Waals surface area contributed by atoms with Crippen LogP contribution in [-0.4, -0.2) is 84.7 Å². The van der Waals surface area contributed by atoms with Crippen LogP contribution in [0, 0.1) is 0 Å². The van der Waals surface area contributed by atoms with Crippen LogP contribution in [0.2, 0.25) is 0 Å². The molecule has 0 aliphatic heterocycles. The summed E-state index contributed by atoms with van der Waals surface area (Å²) in [7, 11) is 0. The molecule has 0 spiro atoms. The molecular formula is C51H35N7O14. The molecule has 0 saturated carbocycles. The Morgan fingerprint density at radius 2 is 0.444 bits per heavy atom. The molecule has 6 aromatic carbocycles. The van der Waals surface area contributed by atoms with Gasteiger partial charge in [-0.2, -0.15) is 0 Å². The van der Waals surface area contributed by atoms with Gasteiger partial charge in [0.25, 0.3) is 35.4 Å². The van der Waals surface area contributed by atoms with Gasteiger partial charge in [-0.15, -0.1) is 0 Å². The van der Waals surface area contributed by atoms with Crippen LogP contribution in [0.15, 0.2) is 152 Å². The lowest BCUT2D eigenvalue weighted by molar-refractivity contribution is 0.0676. The van der Waals surface area contributed by atoms with E-state index in [1.165, 1.54) is 116 Å². The first-order valence-corrected chi connectivity index (χ1v) is 20.9. The van der Waals surface area contributed by atoms with Crippen LogP contribution < -0.4 is 31.9 Å². The SMILES string of the molecule is O=C(O)c1cc(NC(=O)c2ccc(NC(=O)c3ccc(NC(=O)c4cncc(C(=O)Nc5ccc(C(=O)Nc6ccc(C(=O)Nc7cc(C(=O)O)cc(C(=O)O)c7)cc6)cc5)c4)cc3)cc2)cc(C(=O)O)c1. The third-order valence-corrected chi connectivity index (χ3v) is 10.3. The summed E-state index contributed by atoms with van der Waals surface area (Å²) in [6.45, 7) is 0. The highest BCUT2D eigenvalue weighted by Gasteiger charge is 2.18. The maximum Gasteiger partial charge on any atom is 0.335 e.